The van der Waals surface area contributed by atoms with Crippen LogP contribution in [-0.4, -0.2) is 56.0 Å². The Morgan fingerprint density at radius 3 is 2.47 bits per heavy atom. The fourth-order valence-corrected chi connectivity index (χ4v) is 5.18. The third-order valence-electron chi connectivity index (χ3n) is 6.95. The minimum Gasteiger partial charge on any atom is -0.469 e. The van der Waals surface area contributed by atoms with Crippen molar-refractivity contribution in [2.24, 2.45) is 17.8 Å². The van der Waals surface area contributed by atoms with Gasteiger partial charge in [0.15, 0.2) is 5.78 Å². The number of ketones is 1. The highest BCUT2D eigenvalue weighted by molar-refractivity contribution is 5.80. The number of ether oxygens (including phenoxy) is 4. The van der Waals surface area contributed by atoms with Gasteiger partial charge in [-0.2, -0.15) is 0 Å². The molecule has 0 N–H and O–H groups in total. The Hall–Kier alpha value is -1.50. The van der Waals surface area contributed by atoms with E-state index in [2.05, 4.69) is 45.9 Å². The number of carbonyl (C=O) groups is 2. The molecule has 0 aromatic heterocycles. The molecule has 0 aromatic rings. The van der Waals surface area contributed by atoms with E-state index in [0.717, 1.165) is 19.3 Å². The zero-order valence-corrected chi connectivity index (χ0v) is 21.1. The third kappa shape index (κ3) is 7.00. The molecule has 2 fully saturated rings. The average molecular weight is 451 g/mol. The van der Waals surface area contributed by atoms with Gasteiger partial charge in [0.05, 0.1) is 37.4 Å². The second-order valence-electron chi connectivity index (χ2n) is 9.97. The lowest BCUT2D eigenvalue weighted by Crippen LogP contribution is -2.35. The lowest BCUT2D eigenvalue weighted by molar-refractivity contribution is -0.147. The van der Waals surface area contributed by atoms with Crippen molar-refractivity contribution in [3.05, 3.63) is 23.8 Å². The lowest BCUT2D eigenvalue weighted by atomic mass is 9.86. The molecule has 0 aromatic carbocycles. The van der Waals surface area contributed by atoms with Crippen molar-refractivity contribution in [2.75, 3.05) is 14.2 Å². The van der Waals surface area contributed by atoms with Gasteiger partial charge in [0.25, 0.3) is 0 Å². The number of Topliss-reactive ketones (excluding diaryl/α,β-unsaturated/α-hetero) is 1. The summed E-state index contributed by atoms with van der Waals surface area (Å²) in [5.74, 6) is 0.601. The van der Waals surface area contributed by atoms with Crippen molar-refractivity contribution in [2.45, 2.75) is 97.2 Å². The van der Waals surface area contributed by atoms with Gasteiger partial charge in [-0.05, 0) is 57.4 Å². The first-order valence-corrected chi connectivity index (χ1v) is 11.8. The molecule has 0 spiro atoms. The maximum Gasteiger partial charge on any atom is 0.308 e. The zero-order chi connectivity index (χ0) is 24.1. The Labute approximate surface area is 193 Å². The molecule has 2 saturated heterocycles. The first-order valence-electron chi connectivity index (χ1n) is 11.8. The molecule has 8 atom stereocenters. The highest BCUT2D eigenvalue weighted by Gasteiger charge is 2.56. The fraction of sp³-hybridized carbons (Fsp3) is 0.769. The molecule has 0 radical (unpaired) electrons. The van der Waals surface area contributed by atoms with Crippen molar-refractivity contribution in [1.82, 2.24) is 0 Å². The molecule has 6 heteroatoms. The Morgan fingerprint density at radius 2 is 1.88 bits per heavy atom. The number of epoxide rings is 1. The summed E-state index contributed by atoms with van der Waals surface area (Å²) in [6.45, 7) is 12.2. The molecule has 182 valence electrons. The van der Waals surface area contributed by atoms with Crippen LogP contribution in [0.2, 0.25) is 0 Å². The quantitative estimate of drug-likeness (QED) is 0.259. The van der Waals surface area contributed by atoms with E-state index in [-0.39, 0.29) is 41.6 Å². The maximum atomic E-state index is 11.8. The number of hydrogen-bond donors (Lipinski definition) is 0. The third-order valence-corrected chi connectivity index (χ3v) is 6.95. The van der Waals surface area contributed by atoms with E-state index in [1.54, 1.807) is 14.0 Å². The second-order valence-corrected chi connectivity index (χ2v) is 9.97. The van der Waals surface area contributed by atoms with Crippen LogP contribution in [0.3, 0.4) is 0 Å². The van der Waals surface area contributed by atoms with E-state index in [1.807, 2.05) is 6.92 Å². The smallest absolute Gasteiger partial charge is 0.308 e. The van der Waals surface area contributed by atoms with Gasteiger partial charge in [0, 0.05) is 13.0 Å². The van der Waals surface area contributed by atoms with Crippen molar-refractivity contribution in [3.8, 4) is 0 Å². The number of methoxy groups -OCH3 is 2. The summed E-state index contributed by atoms with van der Waals surface area (Å²) in [4.78, 5) is 23.4. The van der Waals surface area contributed by atoms with Gasteiger partial charge < -0.3 is 18.9 Å². The molecule has 0 amide bonds. The van der Waals surface area contributed by atoms with Gasteiger partial charge >= 0.3 is 5.97 Å². The molecule has 2 aliphatic rings. The van der Waals surface area contributed by atoms with Crippen LogP contribution in [0.4, 0.5) is 0 Å². The van der Waals surface area contributed by atoms with Crippen molar-refractivity contribution in [1.29, 1.82) is 0 Å². The number of hydrogen-bond acceptors (Lipinski definition) is 6. The number of allylic oxidation sites excluding steroid dienone is 3. The van der Waals surface area contributed by atoms with Crippen molar-refractivity contribution < 1.29 is 28.5 Å². The Bertz CT molecular complexity index is 713. The minimum atomic E-state index is -0.418. The molecule has 2 aliphatic heterocycles. The van der Waals surface area contributed by atoms with Crippen molar-refractivity contribution >= 4 is 11.8 Å². The van der Waals surface area contributed by atoms with E-state index in [9.17, 15) is 9.59 Å². The monoisotopic (exact) mass is 450 g/mol. The van der Waals surface area contributed by atoms with Crippen LogP contribution in [0.15, 0.2) is 23.8 Å². The van der Waals surface area contributed by atoms with Gasteiger partial charge in [0.1, 0.15) is 6.10 Å². The summed E-state index contributed by atoms with van der Waals surface area (Å²) in [6, 6.07) is 0. The second kappa shape index (κ2) is 11.6. The summed E-state index contributed by atoms with van der Waals surface area (Å²) in [6.07, 6.45) is 9.08. The van der Waals surface area contributed by atoms with Crippen LogP contribution in [0, 0.1) is 17.8 Å². The lowest BCUT2D eigenvalue weighted by Gasteiger charge is -2.35. The summed E-state index contributed by atoms with van der Waals surface area (Å²) in [7, 11) is 2.99. The van der Waals surface area contributed by atoms with Gasteiger partial charge in [0.2, 0.25) is 0 Å². The Kier molecular flexibility index (Phi) is 9.68. The van der Waals surface area contributed by atoms with Gasteiger partial charge in [-0.1, -0.05) is 39.0 Å². The number of esters is 1. The van der Waals surface area contributed by atoms with E-state index >= 15 is 0 Å². The van der Waals surface area contributed by atoms with E-state index < -0.39 is 6.10 Å². The molecule has 0 unspecified atom stereocenters. The first-order chi connectivity index (χ1) is 15.0. The summed E-state index contributed by atoms with van der Waals surface area (Å²) >= 11 is 0. The van der Waals surface area contributed by atoms with Crippen LogP contribution in [0.5, 0.6) is 0 Å². The topological polar surface area (TPSA) is 74.4 Å². The standard InChI is InChI=1S/C26H42O6/c1-16(15-26(6)25(32-26)19(4)24(30-8)20(5)27)10-9-11-17(2)23-18(3)12-13-21(31-23)14-22(28)29-7/h9-11,16,18-19,21,23-25H,12-15H2,1-8H3/b10-9+,17-11+/t16-,18+,19-,21-,23-,24-,25-,26-/m1/s1. The van der Waals surface area contributed by atoms with Crippen LogP contribution in [-0.2, 0) is 28.5 Å². The minimum absolute atomic E-state index is 0.0189. The Morgan fingerprint density at radius 1 is 1.19 bits per heavy atom. The molecule has 32 heavy (non-hydrogen) atoms. The first kappa shape index (κ1) is 26.7. The van der Waals surface area contributed by atoms with Crippen LogP contribution >= 0.6 is 0 Å². The summed E-state index contributed by atoms with van der Waals surface area (Å²) in [5, 5.41) is 0. The molecule has 2 rings (SSSR count). The number of rotatable bonds is 11. The van der Waals surface area contributed by atoms with Crippen LogP contribution in [0.1, 0.15) is 67.2 Å². The van der Waals surface area contributed by atoms with E-state index in [4.69, 9.17) is 18.9 Å². The summed E-state index contributed by atoms with van der Waals surface area (Å²) in [5.41, 5.74) is 0.941. The molecule has 0 saturated carbocycles. The maximum absolute atomic E-state index is 11.8. The van der Waals surface area contributed by atoms with Crippen LogP contribution in [0.25, 0.3) is 0 Å². The normalized spacial score (nSPS) is 33.6. The van der Waals surface area contributed by atoms with Gasteiger partial charge in [-0.25, -0.2) is 0 Å². The van der Waals surface area contributed by atoms with Crippen LogP contribution < -0.4 is 0 Å². The zero-order valence-electron chi connectivity index (χ0n) is 21.1. The molecular weight excluding hydrogens is 408 g/mol. The van der Waals surface area contributed by atoms with Crippen molar-refractivity contribution in [3.63, 3.8) is 0 Å². The highest BCUT2D eigenvalue weighted by Crippen LogP contribution is 2.47. The molecular formula is C26H42O6. The number of carbonyl (C=O) groups excluding carboxylic acids is 2. The highest BCUT2D eigenvalue weighted by atomic mass is 16.6. The predicted octanol–water partition coefficient (Wildman–Crippen LogP) is 4.66. The molecule has 2 heterocycles. The molecule has 0 bridgehead atoms. The largest absolute Gasteiger partial charge is 0.469 e. The van der Waals surface area contributed by atoms with E-state index in [1.165, 1.54) is 12.7 Å². The van der Waals surface area contributed by atoms with E-state index in [0.29, 0.717) is 18.3 Å². The van der Waals surface area contributed by atoms with Gasteiger partial charge in [-0.15, -0.1) is 0 Å². The summed E-state index contributed by atoms with van der Waals surface area (Å²) < 4.78 is 22.4. The van der Waals surface area contributed by atoms with Gasteiger partial charge in [-0.3, -0.25) is 9.59 Å². The fourth-order valence-electron chi connectivity index (χ4n) is 5.18. The SMILES string of the molecule is COC(=O)C[C@H]1CC[C@H](C)[C@@H](/C(C)=C/C=C/[C@@H](C)C[C@@]2(C)O[C@@H]2[C@H](C)[C@@H](OC)C(C)=O)O1. The molecule has 6 nitrogen and oxygen atoms in total. The Balaban J connectivity index is 1.89. The predicted molar refractivity (Wildman–Crippen MR) is 124 cm³/mol. The molecule has 0 aliphatic carbocycles. The average Bonchev–Trinajstić information content (AvgIpc) is 3.39.